The van der Waals surface area contributed by atoms with Gasteiger partial charge in [-0.05, 0) is 31.2 Å². The van der Waals surface area contributed by atoms with Crippen molar-refractivity contribution < 1.29 is 18.7 Å². The number of aryl methyl sites for hydroxylation is 1. The molecule has 3 aromatic rings. The molecule has 0 saturated carbocycles. The van der Waals surface area contributed by atoms with Gasteiger partial charge in [0.1, 0.15) is 19.0 Å². The maximum atomic E-state index is 14.1. The van der Waals surface area contributed by atoms with Crippen LogP contribution in [0.15, 0.2) is 47.3 Å². The number of nitrogens with zero attached hydrogens (tertiary/aromatic N) is 2. The maximum absolute atomic E-state index is 14.1. The minimum absolute atomic E-state index is 0.0702. The fourth-order valence-electron chi connectivity index (χ4n) is 2.74. The molecule has 2 aromatic carbocycles. The number of carbonyl (C=O) groups excluding carboxylic acids is 1. The van der Waals surface area contributed by atoms with E-state index >= 15 is 0 Å². The number of carbonyl (C=O) groups is 1. The molecular formula is C20H20FN3O4. The summed E-state index contributed by atoms with van der Waals surface area (Å²) in [5.41, 5.74) is 0.542. The molecule has 0 saturated heterocycles. The van der Waals surface area contributed by atoms with Crippen LogP contribution < -0.4 is 15.6 Å². The summed E-state index contributed by atoms with van der Waals surface area (Å²) in [6, 6.07) is 11.1. The average molecular weight is 385 g/mol. The Bertz CT molecular complexity index is 1060. The second-order valence-electron chi connectivity index (χ2n) is 6.10. The fraction of sp³-hybridized carbons (Fsp3) is 0.250. The van der Waals surface area contributed by atoms with Crippen molar-refractivity contribution in [2.24, 2.45) is 0 Å². The molecule has 1 amide bonds. The van der Waals surface area contributed by atoms with Crippen molar-refractivity contribution >= 4 is 22.5 Å². The summed E-state index contributed by atoms with van der Waals surface area (Å²) in [5, 5.41) is 3.02. The number of hydrogen-bond acceptors (Lipinski definition) is 5. The summed E-state index contributed by atoms with van der Waals surface area (Å²) in [6.45, 7) is 1.99. The van der Waals surface area contributed by atoms with Crippen molar-refractivity contribution in [2.45, 2.75) is 13.5 Å². The third-order valence-corrected chi connectivity index (χ3v) is 4.11. The lowest BCUT2D eigenvalue weighted by Gasteiger charge is -2.12. The van der Waals surface area contributed by atoms with Crippen LogP contribution in [-0.2, 0) is 16.1 Å². The van der Waals surface area contributed by atoms with Crippen molar-refractivity contribution in [2.75, 3.05) is 25.6 Å². The minimum Gasteiger partial charge on any atom is -0.488 e. The van der Waals surface area contributed by atoms with Crippen molar-refractivity contribution in [1.82, 2.24) is 9.55 Å². The number of ether oxygens (including phenoxy) is 2. The summed E-state index contributed by atoms with van der Waals surface area (Å²) in [5.74, 6) is -0.572. The van der Waals surface area contributed by atoms with Gasteiger partial charge in [0.05, 0.1) is 17.5 Å². The predicted octanol–water partition coefficient (Wildman–Crippen LogP) is 2.51. The molecule has 8 heteroatoms. The van der Waals surface area contributed by atoms with E-state index in [4.69, 9.17) is 9.47 Å². The summed E-state index contributed by atoms with van der Waals surface area (Å²) < 4.78 is 25.4. The molecular weight excluding hydrogens is 365 g/mol. The number of hydrogen-bond donors (Lipinski definition) is 1. The number of aromatic nitrogens is 2. The Kier molecular flexibility index (Phi) is 6.00. The maximum Gasteiger partial charge on any atom is 0.261 e. The SMILES string of the molecule is COCCOc1ccc(NC(=O)Cn2c(C)nc3ccccc3c2=O)cc1F. The first-order valence-corrected chi connectivity index (χ1v) is 8.67. The number of amides is 1. The molecule has 0 aliphatic rings. The Balaban J connectivity index is 1.73. The molecule has 0 bridgehead atoms. The number of fused-ring (bicyclic) bond motifs is 1. The van der Waals surface area contributed by atoms with Gasteiger partial charge >= 0.3 is 0 Å². The zero-order valence-corrected chi connectivity index (χ0v) is 15.6. The molecule has 0 atom stereocenters. The molecule has 0 aliphatic heterocycles. The Morgan fingerprint density at radius 3 is 2.75 bits per heavy atom. The highest BCUT2D eigenvalue weighted by Crippen LogP contribution is 2.21. The normalized spacial score (nSPS) is 10.8. The molecule has 3 rings (SSSR count). The van der Waals surface area contributed by atoms with Gasteiger partial charge in [-0.1, -0.05) is 12.1 Å². The number of methoxy groups -OCH3 is 1. The Hall–Kier alpha value is -3.26. The first-order chi connectivity index (χ1) is 13.5. The summed E-state index contributed by atoms with van der Waals surface area (Å²) in [6.07, 6.45) is 0. The second kappa shape index (κ2) is 8.62. The van der Waals surface area contributed by atoms with E-state index in [-0.39, 0.29) is 30.1 Å². The van der Waals surface area contributed by atoms with Crippen molar-refractivity contribution in [3.05, 3.63) is 64.5 Å². The summed E-state index contributed by atoms with van der Waals surface area (Å²) >= 11 is 0. The van der Waals surface area contributed by atoms with Crippen LogP contribution in [0.1, 0.15) is 5.82 Å². The molecule has 28 heavy (non-hydrogen) atoms. The first-order valence-electron chi connectivity index (χ1n) is 8.67. The van der Waals surface area contributed by atoms with Crippen LogP contribution >= 0.6 is 0 Å². The van der Waals surface area contributed by atoms with Gasteiger partial charge in [0.15, 0.2) is 11.6 Å². The van der Waals surface area contributed by atoms with E-state index in [0.29, 0.717) is 23.3 Å². The van der Waals surface area contributed by atoms with Gasteiger partial charge in [-0.15, -0.1) is 0 Å². The highest BCUT2D eigenvalue weighted by Gasteiger charge is 2.12. The number of halogens is 1. The van der Waals surface area contributed by atoms with Crippen LogP contribution in [0.2, 0.25) is 0 Å². The lowest BCUT2D eigenvalue weighted by atomic mass is 10.2. The fourth-order valence-corrected chi connectivity index (χ4v) is 2.74. The van der Waals surface area contributed by atoms with Crippen LogP contribution in [0.4, 0.5) is 10.1 Å². The zero-order valence-electron chi connectivity index (χ0n) is 15.6. The van der Waals surface area contributed by atoms with Crippen LogP contribution in [0, 0.1) is 12.7 Å². The average Bonchev–Trinajstić information content (AvgIpc) is 2.67. The molecule has 1 aromatic heterocycles. The molecule has 0 unspecified atom stereocenters. The highest BCUT2D eigenvalue weighted by atomic mass is 19.1. The van der Waals surface area contributed by atoms with Gasteiger partial charge < -0.3 is 14.8 Å². The largest absolute Gasteiger partial charge is 0.488 e. The van der Waals surface area contributed by atoms with Gasteiger partial charge in [0.2, 0.25) is 5.91 Å². The minimum atomic E-state index is -0.602. The molecule has 0 spiro atoms. The van der Waals surface area contributed by atoms with Gasteiger partial charge in [0, 0.05) is 18.9 Å². The number of para-hydroxylation sites is 1. The molecule has 0 fully saturated rings. The Morgan fingerprint density at radius 1 is 1.21 bits per heavy atom. The van der Waals surface area contributed by atoms with E-state index in [0.717, 1.165) is 6.07 Å². The van der Waals surface area contributed by atoms with Crippen molar-refractivity contribution in [3.8, 4) is 5.75 Å². The third kappa shape index (κ3) is 4.34. The van der Waals surface area contributed by atoms with E-state index in [1.165, 1.54) is 23.8 Å². The topological polar surface area (TPSA) is 82.4 Å². The van der Waals surface area contributed by atoms with Crippen LogP contribution in [0.5, 0.6) is 5.75 Å². The molecule has 1 heterocycles. The number of benzene rings is 2. The Labute approximate surface area is 160 Å². The van der Waals surface area contributed by atoms with Crippen molar-refractivity contribution in [1.29, 1.82) is 0 Å². The number of rotatable bonds is 7. The molecule has 7 nitrogen and oxygen atoms in total. The van der Waals surface area contributed by atoms with E-state index in [2.05, 4.69) is 10.3 Å². The second-order valence-corrected chi connectivity index (χ2v) is 6.10. The van der Waals surface area contributed by atoms with Gasteiger partial charge in [-0.25, -0.2) is 9.37 Å². The lowest BCUT2D eigenvalue weighted by Crippen LogP contribution is -2.30. The third-order valence-electron chi connectivity index (χ3n) is 4.11. The quantitative estimate of drug-likeness (QED) is 0.632. The van der Waals surface area contributed by atoms with E-state index in [9.17, 15) is 14.0 Å². The highest BCUT2D eigenvalue weighted by molar-refractivity contribution is 5.91. The summed E-state index contributed by atoms with van der Waals surface area (Å²) in [7, 11) is 1.52. The van der Waals surface area contributed by atoms with Crippen LogP contribution in [-0.4, -0.2) is 35.8 Å². The Morgan fingerprint density at radius 2 is 2.00 bits per heavy atom. The molecule has 0 aliphatic carbocycles. The van der Waals surface area contributed by atoms with Gasteiger partial charge in [-0.3, -0.25) is 14.2 Å². The smallest absolute Gasteiger partial charge is 0.261 e. The van der Waals surface area contributed by atoms with Crippen molar-refractivity contribution in [3.63, 3.8) is 0 Å². The number of nitrogens with one attached hydrogen (secondary N) is 1. The molecule has 0 radical (unpaired) electrons. The lowest BCUT2D eigenvalue weighted by molar-refractivity contribution is -0.116. The van der Waals surface area contributed by atoms with E-state index in [1.54, 1.807) is 31.2 Å². The first kappa shape index (κ1) is 19.5. The van der Waals surface area contributed by atoms with Crippen LogP contribution in [0.25, 0.3) is 10.9 Å². The monoisotopic (exact) mass is 385 g/mol. The predicted molar refractivity (Wildman–Crippen MR) is 103 cm³/mol. The van der Waals surface area contributed by atoms with E-state index < -0.39 is 11.7 Å². The van der Waals surface area contributed by atoms with Gasteiger partial charge in [-0.2, -0.15) is 0 Å². The standard InChI is InChI=1S/C20H20FN3O4/c1-13-22-17-6-4-3-5-15(17)20(26)24(13)12-19(25)23-14-7-8-18(16(21)11-14)28-10-9-27-2/h3-8,11H,9-10,12H2,1-2H3,(H,23,25). The van der Waals surface area contributed by atoms with Crippen LogP contribution in [0.3, 0.4) is 0 Å². The van der Waals surface area contributed by atoms with E-state index in [1.807, 2.05) is 0 Å². The zero-order chi connectivity index (χ0) is 20.1. The molecule has 1 N–H and O–H groups in total. The van der Waals surface area contributed by atoms with Gasteiger partial charge in [0.25, 0.3) is 5.56 Å². The molecule has 146 valence electrons. The number of anilines is 1. The summed E-state index contributed by atoms with van der Waals surface area (Å²) in [4.78, 5) is 29.3.